The highest BCUT2D eigenvalue weighted by Crippen LogP contribution is 2.39. The van der Waals surface area contributed by atoms with Gasteiger partial charge in [-0.1, -0.05) is 71.7 Å². The van der Waals surface area contributed by atoms with Crippen molar-refractivity contribution in [1.82, 2.24) is 0 Å². The molecule has 0 bridgehead atoms. The lowest BCUT2D eigenvalue weighted by molar-refractivity contribution is 0.709. The lowest BCUT2D eigenvalue weighted by Gasteiger charge is -2.24. The molecule has 1 heterocycles. The van der Waals surface area contributed by atoms with E-state index in [9.17, 15) is 0 Å². The smallest absolute Gasteiger partial charge is 0.0846 e. The normalized spacial score (nSPS) is 16.8. The Hall–Kier alpha value is -2.29. The molecular formula is C21H16Cl2N2. The molecule has 1 atom stereocenters. The molecule has 4 rings (SSSR count). The van der Waals surface area contributed by atoms with Crippen molar-refractivity contribution in [3.63, 3.8) is 0 Å². The van der Waals surface area contributed by atoms with Gasteiger partial charge in [0.15, 0.2) is 0 Å². The maximum Gasteiger partial charge on any atom is 0.0846 e. The van der Waals surface area contributed by atoms with Crippen molar-refractivity contribution in [3.05, 3.63) is 100 Å². The molecule has 1 aliphatic rings. The average molecular weight is 367 g/mol. The second-order valence-corrected chi connectivity index (χ2v) is 6.82. The molecule has 3 aromatic carbocycles. The Labute approximate surface area is 157 Å². The number of nitrogens with zero attached hydrogens (tertiary/aromatic N) is 2. The van der Waals surface area contributed by atoms with Gasteiger partial charge in [0.2, 0.25) is 0 Å². The Morgan fingerprint density at radius 2 is 1.48 bits per heavy atom. The van der Waals surface area contributed by atoms with Gasteiger partial charge in [-0.3, -0.25) is 5.01 Å². The molecule has 1 aliphatic heterocycles. The number of hydrazone groups is 1. The van der Waals surface area contributed by atoms with Crippen molar-refractivity contribution in [1.29, 1.82) is 0 Å². The fraction of sp³-hybridized carbons (Fsp3) is 0.0952. The van der Waals surface area contributed by atoms with Gasteiger partial charge in [-0.2, -0.15) is 5.10 Å². The van der Waals surface area contributed by atoms with Crippen LogP contribution in [0.3, 0.4) is 0 Å². The lowest BCUT2D eigenvalue weighted by atomic mass is 9.98. The Bertz CT molecular complexity index is 905. The molecule has 0 amide bonds. The van der Waals surface area contributed by atoms with E-state index >= 15 is 0 Å². The van der Waals surface area contributed by atoms with Gasteiger partial charge in [0, 0.05) is 16.5 Å². The first-order chi connectivity index (χ1) is 12.2. The summed E-state index contributed by atoms with van der Waals surface area (Å²) in [5, 5.41) is 8.46. The zero-order valence-corrected chi connectivity index (χ0v) is 15.0. The van der Waals surface area contributed by atoms with E-state index in [4.69, 9.17) is 28.3 Å². The third-order valence-electron chi connectivity index (χ3n) is 4.37. The summed E-state index contributed by atoms with van der Waals surface area (Å²) in [6.45, 7) is 0. The topological polar surface area (TPSA) is 15.6 Å². The number of hydrogen-bond acceptors (Lipinski definition) is 2. The summed E-state index contributed by atoms with van der Waals surface area (Å²) in [6, 6.07) is 26.1. The Kier molecular flexibility index (Phi) is 4.48. The molecule has 0 radical (unpaired) electrons. The first kappa shape index (κ1) is 16.2. The lowest BCUT2D eigenvalue weighted by Crippen LogP contribution is -2.18. The largest absolute Gasteiger partial charge is 0.257 e. The zero-order valence-electron chi connectivity index (χ0n) is 13.4. The molecule has 25 heavy (non-hydrogen) atoms. The molecule has 0 saturated heterocycles. The van der Waals surface area contributed by atoms with Crippen molar-refractivity contribution < 1.29 is 0 Å². The number of anilines is 1. The number of halogens is 2. The van der Waals surface area contributed by atoms with E-state index in [1.54, 1.807) is 0 Å². The third-order valence-corrected chi connectivity index (χ3v) is 4.97. The number of para-hydroxylation sites is 1. The van der Waals surface area contributed by atoms with Crippen LogP contribution in [-0.4, -0.2) is 5.71 Å². The summed E-state index contributed by atoms with van der Waals surface area (Å²) >= 11 is 12.5. The summed E-state index contributed by atoms with van der Waals surface area (Å²) in [7, 11) is 0. The molecule has 0 N–H and O–H groups in total. The summed E-state index contributed by atoms with van der Waals surface area (Å²) in [6.07, 6.45) is 0.792. The van der Waals surface area contributed by atoms with E-state index in [1.807, 2.05) is 60.7 Å². The Balaban J connectivity index is 1.77. The fourth-order valence-electron chi connectivity index (χ4n) is 3.13. The van der Waals surface area contributed by atoms with Gasteiger partial charge in [-0.15, -0.1) is 0 Å². The minimum Gasteiger partial charge on any atom is -0.257 e. The molecule has 3 aromatic rings. The summed E-state index contributed by atoms with van der Waals surface area (Å²) < 4.78 is 0. The summed E-state index contributed by atoms with van der Waals surface area (Å²) in [4.78, 5) is 0. The van der Waals surface area contributed by atoms with Gasteiger partial charge < -0.3 is 0 Å². The Morgan fingerprint density at radius 1 is 0.800 bits per heavy atom. The highest BCUT2D eigenvalue weighted by Gasteiger charge is 2.31. The molecule has 0 aliphatic carbocycles. The Morgan fingerprint density at radius 3 is 2.20 bits per heavy atom. The predicted molar refractivity (Wildman–Crippen MR) is 106 cm³/mol. The van der Waals surface area contributed by atoms with E-state index in [0.717, 1.165) is 39.0 Å². The zero-order chi connectivity index (χ0) is 17.2. The van der Waals surface area contributed by atoms with Gasteiger partial charge in [0.25, 0.3) is 0 Å². The summed E-state index contributed by atoms with van der Waals surface area (Å²) in [5.41, 5.74) is 4.25. The van der Waals surface area contributed by atoms with E-state index < -0.39 is 0 Å². The average Bonchev–Trinajstić information content (AvgIpc) is 3.08. The van der Waals surface area contributed by atoms with Gasteiger partial charge in [-0.25, -0.2) is 0 Å². The second-order valence-electron chi connectivity index (χ2n) is 5.98. The second kappa shape index (κ2) is 6.91. The van der Waals surface area contributed by atoms with Gasteiger partial charge >= 0.3 is 0 Å². The molecule has 0 saturated carbocycles. The SMILES string of the molecule is Clc1ccc(C2=NN(c3ccccc3)[C@@H](c3ccccc3Cl)C2)cc1. The van der Waals surface area contributed by atoms with Crippen molar-refractivity contribution in [2.75, 3.05) is 5.01 Å². The van der Waals surface area contributed by atoms with E-state index in [-0.39, 0.29) is 6.04 Å². The maximum atomic E-state index is 6.48. The molecular weight excluding hydrogens is 351 g/mol. The molecule has 0 spiro atoms. The summed E-state index contributed by atoms with van der Waals surface area (Å²) in [5.74, 6) is 0. The highest BCUT2D eigenvalue weighted by molar-refractivity contribution is 6.31. The van der Waals surface area contributed by atoms with Crippen LogP contribution in [0.25, 0.3) is 0 Å². The van der Waals surface area contributed by atoms with E-state index in [2.05, 4.69) is 23.2 Å². The van der Waals surface area contributed by atoms with E-state index in [0.29, 0.717) is 0 Å². The van der Waals surface area contributed by atoms with Gasteiger partial charge in [0.1, 0.15) is 0 Å². The van der Waals surface area contributed by atoms with Crippen LogP contribution in [0, 0.1) is 0 Å². The molecule has 0 unspecified atom stereocenters. The van der Waals surface area contributed by atoms with Crippen LogP contribution >= 0.6 is 23.2 Å². The predicted octanol–water partition coefficient (Wildman–Crippen LogP) is 6.35. The van der Waals surface area contributed by atoms with Crippen molar-refractivity contribution in [2.45, 2.75) is 12.5 Å². The van der Waals surface area contributed by atoms with Crippen LogP contribution in [0.1, 0.15) is 23.6 Å². The molecule has 124 valence electrons. The quantitative estimate of drug-likeness (QED) is 0.527. The first-order valence-electron chi connectivity index (χ1n) is 8.14. The molecule has 2 nitrogen and oxygen atoms in total. The number of benzene rings is 3. The molecule has 0 aromatic heterocycles. The van der Waals surface area contributed by atoms with Gasteiger partial charge in [0.05, 0.1) is 17.4 Å². The highest BCUT2D eigenvalue weighted by atomic mass is 35.5. The van der Waals surface area contributed by atoms with Crippen LogP contribution in [0.2, 0.25) is 10.0 Å². The van der Waals surface area contributed by atoms with Crippen molar-refractivity contribution >= 4 is 34.6 Å². The monoisotopic (exact) mass is 366 g/mol. The standard InChI is InChI=1S/C21H16Cl2N2/c22-16-12-10-15(11-13-16)20-14-21(18-8-4-5-9-19(18)23)25(24-20)17-6-2-1-3-7-17/h1-13,21H,14H2/t21-/m1/s1. The molecule has 4 heteroatoms. The van der Waals surface area contributed by atoms with Crippen LogP contribution in [0.4, 0.5) is 5.69 Å². The molecule has 0 fully saturated rings. The van der Waals surface area contributed by atoms with Gasteiger partial charge in [-0.05, 0) is 41.5 Å². The maximum absolute atomic E-state index is 6.48. The fourth-order valence-corrected chi connectivity index (χ4v) is 3.52. The van der Waals surface area contributed by atoms with Crippen molar-refractivity contribution in [3.8, 4) is 0 Å². The minimum atomic E-state index is 0.0711. The first-order valence-corrected chi connectivity index (χ1v) is 8.90. The third kappa shape index (κ3) is 3.28. The minimum absolute atomic E-state index is 0.0711. The van der Waals surface area contributed by atoms with E-state index in [1.165, 1.54) is 0 Å². The van der Waals surface area contributed by atoms with Crippen molar-refractivity contribution in [2.24, 2.45) is 5.10 Å². The van der Waals surface area contributed by atoms with Crippen LogP contribution in [0.15, 0.2) is 84.0 Å². The van der Waals surface area contributed by atoms with Crippen LogP contribution in [-0.2, 0) is 0 Å². The van der Waals surface area contributed by atoms with Crippen LogP contribution in [0.5, 0.6) is 0 Å². The number of hydrogen-bond donors (Lipinski definition) is 0. The number of rotatable bonds is 3. The van der Waals surface area contributed by atoms with Crippen LogP contribution < -0.4 is 5.01 Å².